The lowest BCUT2D eigenvalue weighted by Crippen LogP contribution is -2.39. The summed E-state index contributed by atoms with van der Waals surface area (Å²) in [7, 11) is 0. The van der Waals surface area contributed by atoms with Crippen LogP contribution in [0.25, 0.3) is 0 Å². The molecule has 104 valence electrons. The number of aromatic carboxylic acids is 1. The zero-order valence-corrected chi connectivity index (χ0v) is 11.2. The lowest BCUT2D eigenvalue weighted by atomic mass is 10.1. The van der Waals surface area contributed by atoms with Crippen LogP contribution in [0.1, 0.15) is 45.4 Å². The number of carboxylic acids is 1. The van der Waals surface area contributed by atoms with Crippen LogP contribution in [0, 0.1) is 13.8 Å². The lowest BCUT2D eigenvalue weighted by Gasteiger charge is -2.16. The van der Waals surface area contributed by atoms with Gasteiger partial charge in [0, 0.05) is 12.3 Å². The Hall–Kier alpha value is -1.82. The van der Waals surface area contributed by atoms with Gasteiger partial charge in [0.25, 0.3) is 5.91 Å². The van der Waals surface area contributed by atoms with Crippen molar-refractivity contribution in [3.05, 3.63) is 22.5 Å². The number of rotatable bonds is 3. The fourth-order valence-corrected chi connectivity index (χ4v) is 2.47. The van der Waals surface area contributed by atoms with E-state index in [0.29, 0.717) is 23.4 Å². The Morgan fingerprint density at radius 3 is 2.58 bits per heavy atom. The van der Waals surface area contributed by atoms with Crippen molar-refractivity contribution >= 4 is 11.9 Å². The van der Waals surface area contributed by atoms with E-state index in [2.05, 4.69) is 10.3 Å². The van der Waals surface area contributed by atoms with Crippen molar-refractivity contribution in [1.82, 2.24) is 10.3 Å². The second kappa shape index (κ2) is 5.05. The van der Waals surface area contributed by atoms with Gasteiger partial charge < -0.3 is 20.1 Å². The van der Waals surface area contributed by atoms with E-state index in [1.165, 1.54) is 0 Å². The van der Waals surface area contributed by atoms with Crippen LogP contribution in [-0.2, 0) is 4.74 Å². The van der Waals surface area contributed by atoms with Crippen LogP contribution in [0.4, 0.5) is 0 Å². The van der Waals surface area contributed by atoms with E-state index >= 15 is 0 Å². The minimum atomic E-state index is -1.06. The molecule has 1 fully saturated rings. The predicted molar refractivity (Wildman–Crippen MR) is 68.5 cm³/mol. The number of carbonyl (C=O) groups is 2. The van der Waals surface area contributed by atoms with E-state index in [4.69, 9.17) is 9.84 Å². The Bertz CT molecular complexity index is 521. The molecule has 1 amide bonds. The molecular formula is C13H18N2O4. The Kier molecular flexibility index (Phi) is 3.61. The van der Waals surface area contributed by atoms with Gasteiger partial charge in [0.15, 0.2) is 0 Å². The molecule has 0 spiro atoms. The number of amides is 1. The lowest BCUT2D eigenvalue weighted by molar-refractivity contribution is 0.0690. The molecule has 19 heavy (non-hydrogen) atoms. The second-order valence-electron chi connectivity index (χ2n) is 4.87. The zero-order chi connectivity index (χ0) is 14.2. The van der Waals surface area contributed by atoms with Gasteiger partial charge in [0.05, 0.1) is 17.7 Å². The average molecular weight is 266 g/mol. The normalized spacial score (nSPS) is 22.5. The first-order valence-electron chi connectivity index (χ1n) is 6.26. The van der Waals surface area contributed by atoms with Crippen LogP contribution in [-0.4, -0.2) is 40.7 Å². The van der Waals surface area contributed by atoms with Gasteiger partial charge in [0.2, 0.25) is 0 Å². The van der Waals surface area contributed by atoms with Gasteiger partial charge in [-0.15, -0.1) is 0 Å². The molecule has 1 aliphatic heterocycles. The minimum Gasteiger partial charge on any atom is -0.477 e. The molecule has 3 N–H and O–H groups in total. The van der Waals surface area contributed by atoms with Crippen LogP contribution >= 0.6 is 0 Å². The highest BCUT2D eigenvalue weighted by Gasteiger charge is 2.28. The second-order valence-corrected chi connectivity index (χ2v) is 4.87. The summed E-state index contributed by atoms with van der Waals surface area (Å²) in [6, 6.07) is -0.0190. The first kappa shape index (κ1) is 13.6. The third-order valence-corrected chi connectivity index (χ3v) is 3.57. The van der Waals surface area contributed by atoms with Gasteiger partial charge >= 0.3 is 5.97 Å². The molecule has 6 heteroatoms. The van der Waals surface area contributed by atoms with E-state index in [-0.39, 0.29) is 23.7 Å². The van der Waals surface area contributed by atoms with Gasteiger partial charge in [-0.05, 0) is 32.8 Å². The third kappa shape index (κ3) is 2.49. The molecule has 2 atom stereocenters. The van der Waals surface area contributed by atoms with Crippen molar-refractivity contribution in [1.29, 1.82) is 0 Å². The first-order chi connectivity index (χ1) is 8.91. The molecule has 2 unspecified atom stereocenters. The van der Waals surface area contributed by atoms with Crippen LogP contribution in [0.5, 0.6) is 0 Å². The van der Waals surface area contributed by atoms with Crippen LogP contribution < -0.4 is 5.32 Å². The Morgan fingerprint density at radius 1 is 1.42 bits per heavy atom. The molecule has 0 aliphatic carbocycles. The summed E-state index contributed by atoms with van der Waals surface area (Å²) in [6.45, 7) is 5.88. The van der Waals surface area contributed by atoms with Crippen LogP contribution in [0.3, 0.4) is 0 Å². The fourth-order valence-electron chi connectivity index (χ4n) is 2.47. The van der Waals surface area contributed by atoms with Gasteiger partial charge in [0.1, 0.15) is 5.69 Å². The highest BCUT2D eigenvalue weighted by molar-refractivity contribution is 6.00. The molecule has 1 saturated heterocycles. The standard InChI is InChI=1S/C13H18N2O4/c1-6-10(7(2)14-11(6)13(17)18)12(16)15-9-4-5-19-8(9)3/h8-9,14H,4-5H2,1-3H3,(H,15,16)(H,17,18). The Labute approximate surface area is 111 Å². The summed E-state index contributed by atoms with van der Waals surface area (Å²) in [5.41, 5.74) is 1.52. The molecule has 1 aromatic rings. The molecular weight excluding hydrogens is 248 g/mol. The Balaban J connectivity index is 2.22. The quantitative estimate of drug-likeness (QED) is 0.767. The summed E-state index contributed by atoms with van der Waals surface area (Å²) < 4.78 is 5.39. The number of hydrogen-bond donors (Lipinski definition) is 3. The summed E-state index contributed by atoms with van der Waals surface area (Å²) in [4.78, 5) is 26.0. The van der Waals surface area contributed by atoms with Gasteiger partial charge in [-0.2, -0.15) is 0 Å². The van der Waals surface area contributed by atoms with Gasteiger partial charge in [-0.1, -0.05) is 0 Å². The van der Waals surface area contributed by atoms with Crippen LogP contribution in [0.15, 0.2) is 0 Å². The number of carboxylic acid groups (broad SMARTS) is 1. The molecule has 2 heterocycles. The average Bonchev–Trinajstić information content (AvgIpc) is 2.84. The van der Waals surface area contributed by atoms with Gasteiger partial charge in [-0.3, -0.25) is 4.79 Å². The predicted octanol–water partition coefficient (Wildman–Crippen LogP) is 1.24. The van der Waals surface area contributed by atoms with Crippen molar-refractivity contribution in [3.8, 4) is 0 Å². The maximum atomic E-state index is 12.2. The SMILES string of the molecule is Cc1[nH]c(C(=O)O)c(C)c1C(=O)NC1CCOC1C. The van der Waals surface area contributed by atoms with Crippen molar-refractivity contribution in [2.75, 3.05) is 6.61 Å². The number of nitrogens with one attached hydrogen (secondary N) is 2. The number of aromatic amines is 1. The maximum Gasteiger partial charge on any atom is 0.352 e. The molecule has 0 saturated carbocycles. The molecule has 0 aromatic carbocycles. The topological polar surface area (TPSA) is 91.4 Å². The van der Waals surface area contributed by atoms with Crippen molar-refractivity contribution < 1.29 is 19.4 Å². The molecule has 2 rings (SSSR count). The zero-order valence-electron chi connectivity index (χ0n) is 11.2. The monoisotopic (exact) mass is 266 g/mol. The number of hydrogen-bond acceptors (Lipinski definition) is 3. The minimum absolute atomic E-state index is 0.0116. The summed E-state index contributed by atoms with van der Waals surface area (Å²) in [6.07, 6.45) is 0.767. The largest absolute Gasteiger partial charge is 0.477 e. The number of aryl methyl sites for hydroxylation is 1. The van der Waals surface area contributed by atoms with Crippen molar-refractivity contribution in [2.24, 2.45) is 0 Å². The van der Waals surface area contributed by atoms with E-state index in [9.17, 15) is 9.59 Å². The van der Waals surface area contributed by atoms with Crippen LogP contribution in [0.2, 0.25) is 0 Å². The smallest absolute Gasteiger partial charge is 0.352 e. The molecule has 1 aromatic heterocycles. The molecule has 6 nitrogen and oxygen atoms in total. The summed E-state index contributed by atoms with van der Waals surface area (Å²) >= 11 is 0. The number of H-pyrrole nitrogens is 1. The Morgan fingerprint density at radius 2 is 2.11 bits per heavy atom. The summed E-state index contributed by atoms with van der Waals surface area (Å²) in [5, 5.41) is 11.9. The number of carbonyl (C=O) groups excluding carboxylic acids is 1. The van der Waals surface area contributed by atoms with Crippen molar-refractivity contribution in [2.45, 2.75) is 39.3 Å². The van der Waals surface area contributed by atoms with E-state index in [0.717, 1.165) is 6.42 Å². The molecule has 0 radical (unpaired) electrons. The molecule has 1 aliphatic rings. The van der Waals surface area contributed by atoms with E-state index in [1.807, 2.05) is 6.92 Å². The van der Waals surface area contributed by atoms with E-state index in [1.54, 1.807) is 13.8 Å². The third-order valence-electron chi connectivity index (χ3n) is 3.57. The van der Waals surface area contributed by atoms with Gasteiger partial charge in [-0.25, -0.2) is 4.79 Å². The summed E-state index contributed by atoms with van der Waals surface area (Å²) in [5.74, 6) is -1.31. The highest BCUT2D eigenvalue weighted by atomic mass is 16.5. The number of ether oxygens (including phenoxy) is 1. The van der Waals surface area contributed by atoms with E-state index < -0.39 is 5.97 Å². The fraction of sp³-hybridized carbons (Fsp3) is 0.538. The maximum absolute atomic E-state index is 12.2. The number of aromatic nitrogens is 1. The van der Waals surface area contributed by atoms with Crippen molar-refractivity contribution in [3.63, 3.8) is 0 Å². The first-order valence-corrected chi connectivity index (χ1v) is 6.26. The molecule has 0 bridgehead atoms. The highest BCUT2D eigenvalue weighted by Crippen LogP contribution is 2.19.